The quantitative estimate of drug-likeness (QED) is 0.840. The SMILES string of the molecule is O=C1O[C@H](c2ccccc2)CN1C(=O)c1ccccc1. The van der Waals surface area contributed by atoms with Crippen LogP contribution in [0.5, 0.6) is 0 Å². The summed E-state index contributed by atoms with van der Waals surface area (Å²) in [6.45, 7) is 0.247. The average molecular weight is 267 g/mol. The Hall–Kier alpha value is -2.62. The van der Waals surface area contributed by atoms with Gasteiger partial charge < -0.3 is 4.74 Å². The fourth-order valence-corrected chi connectivity index (χ4v) is 2.21. The smallest absolute Gasteiger partial charge is 0.417 e. The van der Waals surface area contributed by atoms with Gasteiger partial charge in [-0.15, -0.1) is 0 Å². The molecule has 1 aliphatic heterocycles. The second-order valence-electron chi connectivity index (χ2n) is 4.56. The molecule has 0 unspecified atom stereocenters. The fourth-order valence-electron chi connectivity index (χ4n) is 2.21. The predicted octanol–water partition coefficient (Wildman–Crippen LogP) is 3.02. The lowest BCUT2D eigenvalue weighted by Crippen LogP contribution is -2.31. The Morgan fingerprint density at radius 1 is 1.00 bits per heavy atom. The van der Waals surface area contributed by atoms with Crippen molar-refractivity contribution < 1.29 is 14.3 Å². The number of hydrogen-bond acceptors (Lipinski definition) is 3. The molecule has 1 atom stereocenters. The number of benzene rings is 2. The maximum atomic E-state index is 12.3. The average Bonchev–Trinajstić information content (AvgIpc) is 2.90. The molecule has 4 heteroatoms. The van der Waals surface area contributed by atoms with E-state index in [4.69, 9.17) is 4.74 Å². The Morgan fingerprint density at radius 3 is 2.25 bits per heavy atom. The fraction of sp³-hybridized carbons (Fsp3) is 0.125. The Labute approximate surface area is 116 Å². The summed E-state index contributed by atoms with van der Waals surface area (Å²) in [5.41, 5.74) is 1.38. The summed E-state index contributed by atoms with van der Waals surface area (Å²) in [6, 6.07) is 18.2. The van der Waals surface area contributed by atoms with Crippen molar-refractivity contribution in [2.75, 3.05) is 6.54 Å². The van der Waals surface area contributed by atoms with Gasteiger partial charge in [-0.05, 0) is 17.7 Å². The molecule has 0 N–H and O–H groups in total. The number of carbonyl (C=O) groups is 2. The number of cyclic esters (lactones) is 1. The number of ether oxygens (including phenoxy) is 1. The summed E-state index contributed by atoms with van der Waals surface area (Å²) in [4.78, 5) is 25.3. The highest BCUT2D eigenvalue weighted by Crippen LogP contribution is 2.26. The van der Waals surface area contributed by atoms with Gasteiger partial charge in [0.1, 0.15) is 6.10 Å². The lowest BCUT2D eigenvalue weighted by molar-refractivity contribution is 0.0808. The minimum Gasteiger partial charge on any atom is -0.439 e. The molecule has 2 aromatic carbocycles. The van der Waals surface area contributed by atoms with E-state index in [1.54, 1.807) is 24.3 Å². The molecule has 2 amide bonds. The molecule has 1 saturated heterocycles. The minimum absolute atomic E-state index is 0.247. The maximum absolute atomic E-state index is 12.3. The van der Waals surface area contributed by atoms with Gasteiger partial charge in [0, 0.05) is 5.56 Å². The first kappa shape index (κ1) is 12.4. The number of amides is 2. The second-order valence-corrected chi connectivity index (χ2v) is 4.56. The molecule has 3 rings (SSSR count). The standard InChI is InChI=1S/C16H13NO3/c18-15(13-9-5-2-6-10-13)17-11-14(20-16(17)19)12-7-3-1-4-8-12/h1-10,14H,11H2/t14-/m0/s1. The van der Waals surface area contributed by atoms with Crippen LogP contribution in [0.15, 0.2) is 60.7 Å². The van der Waals surface area contributed by atoms with Crippen LogP contribution >= 0.6 is 0 Å². The zero-order valence-electron chi connectivity index (χ0n) is 10.7. The molecule has 1 fully saturated rings. The third-order valence-electron chi connectivity index (χ3n) is 3.25. The van der Waals surface area contributed by atoms with Crippen LogP contribution in [0.25, 0.3) is 0 Å². The van der Waals surface area contributed by atoms with Crippen molar-refractivity contribution in [1.82, 2.24) is 4.90 Å². The van der Waals surface area contributed by atoms with E-state index >= 15 is 0 Å². The predicted molar refractivity (Wildman–Crippen MR) is 73.1 cm³/mol. The van der Waals surface area contributed by atoms with Crippen LogP contribution in [0.1, 0.15) is 22.0 Å². The largest absolute Gasteiger partial charge is 0.439 e. The zero-order valence-corrected chi connectivity index (χ0v) is 10.7. The topological polar surface area (TPSA) is 46.6 Å². The minimum atomic E-state index is -0.590. The van der Waals surface area contributed by atoms with Crippen molar-refractivity contribution in [3.63, 3.8) is 0 Å². The normalized spacial score (nSPS) is 17.9. The zero-order chi connectivity index (χ0) is 13.9. The van der Waals surface area contributed by atoms with Crippen LogP contribution in [0.2, 0.25) is 0 Å². The van der Waals surface area contributed by atoms with Gasteiger partial charge in [0.15, 0.2) is 0 Å². The number of carbonyl (C=O) groups excluding carboxylic acids is 2. The van der Waals surface area contributed by atoms with Crippen LogP contribution in [0, 0.1) is 0 Å². The van der Waals surface area contributed by atoms with E-state index in [9.17, 15) is 9.59 Å². The van der Waals surface area contributed by atoms with Crippen LogP contribution in [0.4, 0.5) is 4.79 Å². The summed E-state index contributed by atoms with van der Waals surface area (Å²) in [6.07, 6.45) is -0.982. The van der Waals surface area contributed by atoms with Crippen LogP contribution < -0.4 is 0 Å². The van der Waals surface area contributed by atoms with E-state index in [1.807, 2.05) is 36.4 Å². The first-order chi connectivity index (χ1) is 9.75. The Bertz CT molecular complexity index is 625. The molecular weight excluding hydrogens is 254 g/mol. The van der Waals surface area contributed by atoms with E-state index in [0.29, 0.717) is 5.56 Å². The van der Waals surface area contributed by atoms with Gasteiger partial charge in [0.05, 0.1) is 6.54 Å². The third-order valence-corrected chi connectivity index (χ3v) is 3.25. The van der Waals surface area contributed by atoms with Gasteiger partial charge in [-0.2, -0.15) is 0 Å². The third kappa shape index (κ3) is 2.28. The molecule has 20 heavy (non-hydrogen) atoms. The molecule has 0 aromatic heterocycles. The van der Waals surface area contributed by atoms with Gasteiger partial charge in [-0.1, -0.05) is 48.5 Å². The molecule has 0 radical (unpaired) electrons. The van der Waals surface area contributed by atoms with E-state index in [2.05, 4.69) is 0 Å². The van der Waals surface area contributed by atoms with Crippen LogP contribution in [0.3, 0.4) is 0 Å². The summed E-state index contributed by atoms with van der Waals surface area (Å²) in [7, 11) is 0. The summed E-state index contributed by atoms with van der Waals surface area (Å²) in [5, 5.41) is 0. The highest BCUT2D eigenvalue weighted by molar-refractivity contribution is 6.03. The molecule has 2 aromatic rings. The van der Waals surface area contributed by atoms with E-state index in [-0.39, 0.29) is 12.5 Å². The number of hydrogen-bond donors (Lipinski definition) is 0. The highest BCUT2D eigenvalue weighted by Gasteiger charge is 2.36. The molecule has 4 nitrogen and oxygen atoms in total. The van der Waals surface area contributed by atoms with Crippen molar-refractivity contribution in [2.45, 2.75) is 6.10 Å². The highest BCUT2D eigenvalue weighted by atomic mass is 16.6. The van der Waals surface area contributed by atoms with Gasteiger partial charge in [-0.25, -0.2) is 9.69 Å². The first-order valence-corrected chi connectivity index (χ1v) is 6.38. The molecular formula is C16H13NO3. The Kier molecular flexibility index (Phi) is 3.21. The van der Waals surface area contributed by atoms with E-state index in [1.165, 1.54) is 0 Å². The van der Waals surface area contributed by atoms with Gasteiger partial charge >= 0.3 is 6.09 Å². The summed E-state index contributed by atoms with van der Waals surface area (Å²) in [5.74, 6) is -0.325. The van der Waals surface area contributed by atoms with Crippen LogP contribution in [-0.4, -0.2) is 23.4 Å². The van der Waals surface area contributed by atoms with Gasteiger partial charge in [-0.3, -0.25) is 4.79 Å². The van der Waals surface area contributed by atoms with Crippen LogP contribution in [-0.2, 0) is 4.74 Å². The molecule has 1 aliphatic rings. The van der Waals surface area contributed by atoms with Crippen molar-refractivity contribution >= 4 is 12.0 Å². The molecule has 0 spiro atoms. The molecule has 1 heterocycles. The number of nitrogens with zero attached hydrogens (tertiary/aromatic N) is 1. The van der Waals surface area contributed by atoms with Crippen molar-refractivity contribution in [3.8, 4) is 0 Å². The van der Waals surface area contributed by atoms with E-state index in [0.717, 1.165) is 10.5 Å². The second kappa shape index (κ2) is 5.17. The molecule has 0 bridgehead atoms. The lowest BCUT2D eigenvalue weighted by atomic mass is 10.1. The Morgan fingerprint density at radius 2 is 1.60 bits per heavy atom. The van der Waals surface area contributed by atoms with Gasteiger partial charge in [0.25, 0.3) is 5.91 Å². The first-order valence-electron chi connectivity index (χ1n) is 6.38. The number of imide groups is 1. The van der Waals surface area contributed by atoms with Crippen molar-refractivity contribution in [2.24, 2.45) is 0 Å². The van der Waals surface area contributed by atoms with Crippen molar-refractivity contribution in [3.05, 3.63) is 71.8 Å². The Balaban J connectivity index is 1.80. The lowest BCUT2D eigenvalue weighted by Gasteiger charge is -2.10. The molecule has 0 aliphatic carbocycles. The molecule has 100 valence electrons. The monoisotopic (exact) mass is 267 g/mol. The summed E-state index contributed by atoms with van der Waals surface area (Å²) >= 11 is 0. The maximum Gasteiger partial charge on any atom is 0.417 e. The molecule has 0 saturated carbocycles. The van der Waals surface area contributed by atoms with E-state index < -0.39 is 12.2 Å². The number of rotatable bonds is 2. The summed E-state index contributed by atoms with van der Waals surface area (Å²) < 4.78 is 5.27. The van der Waals surface area contributed by atoms with Gasteiger partial charge in [0.2, 0.25) is 0 Å². The van der Waals surface area contributed by atoms with Crippen molar-refractivity contribution in [1.29, 1.82) is 0 Å².